The van der Waals surface area contributed by atoms with Crippen molar-refractivity contribution in [1.82, 2.24) is 5.32 Å². The minimum absolute atomic E-state index is 0.288. The van der Waals surface area contributed by atoms with Crippen molar-refractivity contribution in [3.63, 3.8) is 0 Å². The number of nitrogens with one attached hydrogen (secondary N) is 2. The van der Waals surface area contributed by atoms with Crippen molar-refractivity contribution in [2.45, 2.75) is 23.8 Å². The Kier molecular flexibility index (Phi) is 5.61. The Hall–Kier alpha value is -0.940. The van der Waals surface area contributed by atoms with Gasteiger partial charge in [-0.15, -0.1) is 11.3 Å². The summed E-state index contributed by atoms with van der Waals surface area (Å²) in [4.78, 5) is 12.7. The van der Waals surface area contributed by atoms with Crippen LogP contribution in [0.15, 0.2) is 35.7 Å². The zero-order valence-electron chi connectivity index (χ0n) is 12.0. The third-order valence-electron chi connectivity index (χ3n) is 3.03. The second kappa shape index (κ2) is 7.09. The topological polar surface area (TPSA) is 41.1 Å². The number of hydrogen-bond donors (Lipinski definition) is 2. The van der Waals surface area contributed by atoms with Gasteiger partial charge >= 0.3 is 0 Å². The van der Waals surface area contributed by atoms with Crippen LogP contribution in [0.2, 0.25) is 0 Å². The fourth-order valence-corrected chi connectivity index (χ4v) is 2.89. The highest BCUT2D eigenvalue weighted by atomic mass is 35.6. The quantitative estimate of drug-likeness (QED) is 0.587. The SMILES string of the molecule is Cc1ccc(N[C@@H](NC(=O)c2cccs2)C(Cl)(Cl)Cl)c(C)c1. The molecule has 118 valence electrons. The lowest BCUT2D eigenvalue weighted by atomic mass is 10.1. The number of amides is 1. The Bertz CT molecular complexity index is 653. The molecule has 22 heavy (non-hydrogen) atoms. The van der Waals surface area contributed by atoms with Crippen molar-refractivity contribution >= 4 is 57.7 Å². The molecule has 1 aromatic carbocycles. The molecule has 1 heterocycles. The summed E-state index contributed by atoms with van der Waals surface area (Å²) >= 11 is 19.3. The van der Waals surface area contributed by atoms with Gasteiger partial charge in [0.25, 0.3) is 5.91 Å². The predicted octanol–water partition coefficient (Wildman–Crippen LogP) is 4.90. The molecular weight excluding hydrogens is 363 g/mol. The first-order valence-electron chi connectivity index (χ1n) is 6.52. The maximum absolute atomic E-state index is 12.2. The predicted molar refractivity (Wildman–Crippen MR) is 95.4 cm³/mol. The van der Waals surface area contributed by atoms with Gasteiger partial charge < -0.3 is 10.6 Å². The molecule has 2 rings (SSSR count). The molecule has 0 bridgehead atoms. The molecule has 0 aliphatic carbocycles. The molecule has 0 saturated heterocycles. The van der Waals surface area contributed by atoms with E-state index >= 15 is 0 Å². The van der Waals surface area contributed by atoms with Crippen LogP contribution in [0.4, 0.5) is 5.69 Å². The molecule has 0 unspecified atom stereocenters. The number of rotatable bonds is 4. The number of alkyl halides is 3. The van der Waals surface area contributed by atoms with Gasteiger partial charge in [0.05, 0.1) is 4.88 Å². The first kappa shape index (κ1) is 17.4. The molecule has 0 spiro atoms. The van der Waals surface area contributed by atoms with Crippen LogP contribution in [0.1, 0.15) is 20.8 Å². The summed E-state index contributed by atoms with van der Waals surface area (Å²) in [6.07, 6.45) is -0.853. The number of anilines is 1. The molecule has 0 fully saturated rings. The number of carbonyl (C=O) groups excluding carboxylic acids is 1. The Labute approximate surface area is 148 Å². The Morgan fingerprint density at radius 1 is 1.23 bits per heavy atom. The highest BCUT2D eigenvalue weighted by molar-refractivity contribution is 7.12. The van der Waals surface area contributed by atoms with E-state index in [4.69, 9.17) is 34.8 Å². The second-order valence-corrected chi connectivity index (χ2v) is 8.20. The average molecular weight is 378 g/mol. The number of halogens is 3. The van der Waals surface area contributed by atoms with E-state index in [1.165, 1.54) is 11.3 Å². The molecule has 0 saturated carbocycles. The monoisotopic (exact) mass is 376 g/mol. The first-order valence-corrected chi connectivity index (χ1v) is 8.53. The van der Waals surface area contributed by atoms with Gasteiger partial charge in [0.15, 0.2) is 0 Å². The molecule has 2 N–H and O–H groups in total. The Morgan fingerprint density at radius 2 is 1.95 bits per heavy atom. The lowest BCUT2D eigenvalue weighted by molar-refractivity contribution is 0.0946. The molecule has 3 nitrogen and oxygen atoms in total. The van der Waals surface area contributed by atoms with E-state index in [9.17, 15) is 4.79 Å². The van der Waals surface area contributed by atoms with Gasteiger partial charge in [0, 0.05) is 5.69 Å². The van der Waals surface area contributed by atoms with Crippen molar-refractivity contribution in [1.29, 1.82) is 0 Å². The molecule has 1 aromatic heterocycles. The van der Waals surface area contributed by atoms with Gasteiger partial charge in [0.2, 0.25) is 3.79 Å². The van der Waals surface area contributed by atoms with Crippen LogP contribution in [-0.4, -0.2) is 15.9 Å². The smallest absolute Gasteiger partial charge is 0.263 e. The molecule has 2 aromatic rings. The van der Waals surface area contributed by atoms with Crippen LogP contribution in [-0.2, 0) is 0 Å². The highest BCUT2D eigenvalue weighted by Crippen LogP contribution is 2.32. The average Bonchev–Trinajstić information content (AvgIpc) is 2.93. The largest absolute Gasteiger partial charge is 0.362 e. The van der Waals surface area contributed by atoms with E-state index in [0.29, 0.717) is 4.88 Å². The van der Waals surface area contributed by atoms with Crippen LogP contribution in [0.25, 0.3) is 0 Å². The lowest BCUT2D eigenvalue weighted by Crippen LogP contribution is -2.49. The van der Waals surface area contributed by atoms with Crippen molar-refractivity contribution < 1.29 is 4.79 Å². The second-order valence-electron chi connectivity index (χ2n) is 4.89. The summed E-state index contributed by atoms with van der Waals surface area (Å²) < 4.78 is -1.69. The fraction of sp³-hybridized carbons (Fsp3) is 0.267. The lowest BCUT2D eigenvalue weighted by Gasteiger charge is -2.28. The molecule has 0 aliphatic rings. The maximum atomic E-state index is 12.2. The van der Waals surface area contributed by atoms with Crippen LogP contribution in [0.5, 0.6) is 0 Å². The number of hydrogen-bond acceptors (Lipinski definition) is 3. The molecule has 0 radical (unpaired) electrons. The van der Waals surface area contributed by atoms with Crippen LogP contribution >= 0.6 is 46.1 Å². The zero-order valence-corrected chi connectivity index (χ0v) is 15.1. The van der Waals surface area contributed by atoms with Crippen LogP contribution in [0, 0.1) is 13.8 Å². The van der Waals surface area contributed by atoms with E-state index in [1.807, 2.05) is 37.4 Å². The summed E-state index contributed by atoms with van der Waals surface area (Å²) in [6.45, 7) is 3.95. The van der Waals surface area contributed by atoms with E-state index < -0.39 is 9.96 Å². The third-order valence-corrected chi connectivity index (χ3v) is 4.55. The first-order chi connectivity index (χ1) is 10.3. The fourth-order valence-electron chi connectivity index (χ4n) is 1.94. The normalized spacial score (nSPS) is 12.8. The molecule has 1 amide bonds. The number of carbonyl (C=O) groups is 1. The van der Waals surface area contributed by atoms with Gasteiger partial charge in [-0.3, -0.25) is 4.79 Å². The van der Waals surface area contributed by atoms with Crippen molar-refractivity contribution in [2.24, 2.45) is 0 Å². The number of thiophene rings is 1. The Morgan fingerprint density at radius 3 is 2.50 bits per heavy atom. The maximum Gasteiger partial charge on any atom is 0.263 e. The summed E-state index contributed by atoms with van der Waals surface area (Å²) in [6, 6.07) is 9.37. The van der Waals surface area contributed by atoms with E-state index in [1.54, 1.807) is 12.1 Å². The van der Waals surface area contributed by atoms with Gasteiger partial charge in [-0.2, -0.15) is 0 Å². The van der Waals surface area contributed by atoms with Gasteiger partial charge in [-0.05, 0) is 36.9 Å². The Balaban J connectivity index is 2.18. The van der Waals surface area contributed by atoms with Crippen LogP contribution in [0.3, 0.4) is 0 Å². The van der Waals surface area contributed by atoms with E-state index in [-0.39, 0.29) is 5.91 Å². The molecule has 1 atom stereocenters. The number of aryl methyl sites for hydroxylation is 2. The highest BCUT2D eigenvalue weighted by Gasteiger charge is 2.34. The summed E-state index contributed by atoms with van der Waals surface area (Å²) in [5, 5.41) is 7.61. The zero-order chi connectivity index (χ0) is 16.3. The van der Waals surface area contributed by atoms with Crippen molar-refractivity contribution in [3.8, 4) is 0 Å². The van der Waals surface area contributed by atoms with Crippen molar-refractivity contribution in [3.05, 3.63) is 51.7 Å². The molecule has 0 aliphatic heterocycles. The van der Waals surface area contributed by atoms with Crippen LogP contribution < -0.4 is 10.6 Å². The van der Waals surface area contributed by atoms with Gasteiger partial charge in [-0.1, -0.05) is 58.6 Å². The minimum Gasteiger partial charge on any atom is -0.362 e. The minimum atomic E-state index is -1.69. The van der Waals surface area contributed by atoms with Gasteiger partial charge in [0.1, 0.15) is 6.17 Å². The standard InChI is InChI=1S/C15H15Cl3N2OS/c1-9-5-6-11(10(2)8-9)19-14(15(16,17)18)20-13(21)12-4-3-7-22-12/h3-8,14,19H,1-2H3,(H,20,21)/t14-/m0/s1. The third kappa shape index (κ3) is 4.53. The summed E-state index contributed by atoms with van der Waals surface area (Å²) in [7, 11) is 0. The van der Waals surface area contributed by atoms with Gasteiger partial charge in [-0.25, -0.2) is 0 Å². The van der Waals surface area contributed by atoms with E-state index in [0.717, 1.165) is 16.8 Å². The molecular formula is C15H15Cl3N2OS. The van der Waals surface area contributed by atoms with E-state index in [2.05, 4.69) is 10.6 Å². The van der Waals surface area contributed by atoms with Crippen molar-refractivity contribution in [2.75, 3.05) is 5.32 Å². The number of benzene rings is 1. The summed E-state index contributed by atoms with van der Waals surface area (Å²) in [5.74, 6) is -0.288. The summed E-state index contributed by atoms with van der Waals surface area (Å²) in [5.41, 5.74) is 2.94. The molecule has 7 heteroatoms.